The molecule has 0 spiro atoms. The number of hydrogen-bond acceptors (Lipinski definition) is 3. The maximum absolute atomic E-state index is 14.6. The normalized spacial score (nSPS) is 13.9. The molecule has 1 aliphatic rings. The predicted octanol–water partition coefficient (Wildman–Crippen LogP) is 5.25. The number of methoxy groups -OCH3 is 1. The minimum Gasteiger partial charge on any atom is -0.494 e. The lowest BCUT2D eigenvalue weighted by molar-refractivity contribution is -0.137. The molecular weight excluding hydrogens is 438 g/mol. The summed E-state index contributed by atoms with van der Waals surface area (Å²) in [6.45, 7) is 0. The van der Waals surface area contributed by atoms with Gasteiger partial charge in [0.1, 0.15) is 11.4 Å². The van der Waals surface area contributed by atoms with Crippen LogP contribution in [-0.4, -0.2) is 28.8 Å². The number of halogens is 5. The Labute approximate surface area is 179 Å². The van der Waals surface area contributed by atoms with Gasteiger partial charge in [-0.25, -0.2) is 9.07 Å². The third-order valence-corrected chi connectivity index (χ3v) is 5.17. The molecule has 1 aliphatic carbocycles. The molecular formula is C21H16ClF4N3O2. The van der Waals surface area contributed by atoms with Crippen LogP contribution in [-0.2, 0) is 6.18 Å². The number of carbonyl (C=O) groups excluding carboxylic acids is 1. The Balaban J connectivity index is 1.70. The maximum Gasteiger partial charge on any atom is 0.416 e. The topological polar surface area (TPSA) is 56.1 Å². The summed E-state index contributed by atoms with van der Waals surface area (Å²) in [6.07, 6.45) is -0.0300. The van der Waals surface area contributed by atoms with Gasteiger partial charge in [-0.1, -0.05) is 17.7 Å². The van der Waals surface area contributed by atoms with Crippen LogP contribution in [0.1, 0.15) is 28.8 Å². The van der Waals surface area contributed by atoms with Crippen molar-refractivity contribution in [2.75, 3.05) is 7.11 Å². The number of alkyl halides is 3. The van der Waals surface area contributed by atoms with Gasteiger partial charge in [0.25, 0.3) is 5.91 Å². The molecule has 1 fully saturated rings. The van der Waals surface area contributed by atoms with E-state index in [4.69, 9.17) is 16.3 Å². The van der Waals surface area contributed by atoms with Crippen LogP contribution < -0.4 is 10.1 Å². The quantitative estimate of drug-likeness (QED) is 0.537. The summed E-state index contributed by atoms with van der Waals surface area (Å²) < 4.78 is 59.5. The molecule has 10 heteroatoms. The van der Waals surface area contributed by atoms with Gasteiger partial charge in [0.2, 0.25) is 0 Å². The molecule has 1 heterocycles. The van der Waals surface area contributed by atoms with Crippen molar-refractivity contribution in [2.24, 2.45) is 0 Å². The average Bonchev–Trinajstić information content (AvgIpc) is 3.39. The highest BCUT2D eigenvalue weighted by Crippen LogP contribution is 2.36. The van der Waals surface area contributed by atoms with E-state index in [-0.39, 0.29) is 34.0 Å². The summed E-state index contributed by atoms with van der Waals surface area (Å²) in [5, 5.41) is 7.20. The van der Waals surface area contributed by atoms with Gasteiger partial charge in [0.15, 0.2) is 5.82 Å². The summed E-state index contributed by atoms with van der Waals surface area (Å²) >= 11 is 6.16. The summed E-state index contributed by atoms with van der Waals surface area (Å²) in [4.78, 5) is 12.4. The highest BCUT2D eigenvalue weighted by Gasteiger charge is 2.33. The second-order valence-corrected chi connectivity index (χ2v) is 7.53. The minimum absolute atomic E-state index is 0.157. The molecule has 1 N–H and O–H groups in total. The first kappa shape index (κ1) is 21.2. The van der Waals surface area contributed by atoms with Gasteiger partial charge in [-0.2, -0.15) is 18.3 Å². The molecule has 4 rings (SSSR count). The molecule has 31 heavy (non-hydrogen) atoms. The van der Waals surface area contributed by atoms with Crippen LogP contribution in [0.5, 0.6) is 5.75 Å². The lowest BCUT2D eigenvalue weighted by Crippen LogP contribution is -2.25. The van der Waals surface area contributed by atoms with E-state index in [9.17, 15) is 22.4 Å². The zero-order chi connectivity index (χ0) is 22.3. The van der Waals surface area contributed by atoms with E-state index < -0.39 is 17.6 Å². The summed E-state index contributed by atoms with van der Waals surface area (Å²) in [5.41, 5.74) is -0.0390. The number of nitrogens with one attached hydrogen (secondary N) is 1. The summed E-state index contributed by atoms with van der Waals surface area (Å²) in [5.74, 6) is -1.75. The molecule has 1 amide bonds. The third-order valence-electron chi connectivity index (χ3n) is 4.84. The SMILES string of the molecule is COc1cc(C(F)(F)F)cc(F)c1-n1cc(-c2ccc(Cl)c(C(=O)NC3CC3)c2)cn1. The van der Waals surface area contributed by atoms with Gasteiger partial charge in [-0.15, -0.1) is 0 Å². The molecule has 0 bridgehead atoms. The zero-order valence-electron chi connectivity index (χ0n) is 16.1. The minimum atomic E-state index is -4.72. The number of rotatable bonds is 5. The molecule has 0 aliphatic heterocycles. The van der Waals surface area contributed by atoms with Gasteiger partial charge in [0.05, 0.1) is 29.5 Å². The van der Waals surface area contributed by atoms with Gasteiger partial charge < -0.3 is 10.1 Å². The standard InChI is InChI=1S/C21H16ClF4N3O2/c1-31-18-8-13(21(24,25)26)7-17(23)19(18)29-10-12(9-27-29)11-2-5-16(22)15(6-11)20(30)28-14-3-4-14/h2,5-10,14H,3-4H2,1H3,(H,28,30). The van der Waals surface area contributed by atoms with E-state index in [1.54, 1.807) is 18.2 Å². The second kappa shape index (κ2) is 7.88. The van der Waals surface area contributed by atoms with Crippen LogP contribution >= 0.6 is 11.6 Å². The molecule has 0 radical (unpaired) electrons. The fraction of sp³-hybridized carbons (Fsp3) is 0.238. The number of aromatic nitrogens is 2. The summed E-state index contributed by atoms with van der Waals surface area (Å²) in [6, 6.07) is 6.07. The second-order valence-electron chi connectivity index (χ2n) is 7.12. The lowest BCUT2D eigenvalue weighted by Gasteiger charge is -2.13. The number of hydrogen-bond donors (Lipinski definition) is 1. The van der Waals surface area contributed by atoms with Gasteiger partial charge in [-0.05, 0) is 42.7 Å². The number of nitrogens with zero attached hydrogens (tertiary/aromatic N) is 2. The molecule has 0 saturated heterocycles. The van der Waals surface area contributed by atoms with Crippen LogP contribution in [0.25, 0.3) is 16.8 Å². The van der Waals surface area contributed by atoms with Gasteiger partial charge in [0, 0.05) is 17.8 Å². The Bertz CT molecular complexity index is 1160. The monoisotopic (exact) mass is 453 g/mol. The summed E-state index contributed by atoms with van der Waals surface area (Å²) in [7, 11) is 1.15. The molecule has 1 saturated carbocycles. The number of carbonyl (C=O) groups is 1. The first-order valence-electron chi connectivity index (χ1n) is 9.28. The van der Waals surface area contributed by atoms with Crippen molar-refractivity contribution in [1.82, 2.24) is 15.1 Å². The van der Waals surface area contributed by atoms with E-state index in [0.717, 1.165) is 24.6 Å². The fourth-order valence-electron chi connectivity index (χ4n) is 3.08. The van der Waals surface area contributed by atoms with E-state index >= 15 is 0 Å². The van der Waals surface area contributed by atoms with Crippen molar-refractivity contribution < 1.29 is 27.1 Å². The number of ether oxygens (including phenoxy) is 1. The van der Waals surface area contributed by atoms with Crippen molar-refractivity contribution in [3.63, 3.8) is 0 Å². The largest absolute Gasteiger partial charge is 0.494 e. The smallest absolute Gasteiger partial charge is 0.416 e. The molecule has 162 valence electrons. The maximum atomic E-state index is 14.6. The van der Waals surface area contributed by atoms with Crippen molar-refractivity contribution >= 4 is 17.5 Å². The van der Waals surface area contributed by atoms with E-state index in [1.807, 2.05) is 0 Å². The molecule has 1 aromatic heterocycles. The van der Waals surface area contributed by atoms with Crippen LogP contribution in [0.4, 0.5) is 17.6 Å². The zero-order valence-corrected chi connectivity index (χ0v) is 16.9. The molecule has 3 aromatic rings. The number of benzene rings is 2. The third kappa shape index (κ3) is 4.36. The van der Waals surface area contributed by atoms with Gasteiger partial charge in [-0.3, -0.25) is 4.79 Å². The highest BCUT2D eigenvalue weighted by molar-refractivity contribution is 6.34. The lowest BCUT2D eigenvalue weighted by atomic mass is 10.1. The number of amides is 1. The van der Waals surface area contributed by atoms with Crippen molar-refractivity contribution in [3.8, 4) is 22.6 Å². The Hall–Kier alpha value is -3.07. The van der Waals surface area contributed by atoms with Crippen LogP contribution in [0.2, 0.25) is 5.02 Å². The van der Waals surface area contributed by atoms with E-state index in [1.165, 1.54) is 12.4 Å². The molecule has 0 atom stereocenters. The molecule has 0 unspecified atom stereocenters. The molecule has 2 aromatic carbocycles. The predicted molar refractivity (Wildman–Crippen MR) is 106 cm³/mol. The van der Waals surface area contributed by atoms with Crippen molar-refractivity contribution in [2.45, 2.75) is 25.1 Å². The van der Waals surface area contributed by atoms with Crippen LogP contribution in [0.3, 0.4) is 0 Å². The average molecular weight is 454 g/mol. The first-order valence-corrected chi connectivity index (χ1v) is 9.65. The first-order chi connectivity index (χ1) is 14.7. The Morgan fingerprint density at radius 2 is 1.97 bits per heavy atom. The Morgan fingerprint density at radius 1 is 1.23 bits per heavy atom. The Morgan fingerprint density at radius 3 is 2.61 bits per heavy atom. The Kier molecular flexibility index (Phi) is 5.38. The highest BCUT2D eigenvalue weighted by atomic mass is 35.5. The van der Waals surface area contributed by atoms with Crippen molar-refractivity contribution in [3.05, 3.63) is 64.7 Å². The van der Waals surface area contributed by atoms with E-state index in [2.05, 4.69) is 10.4 Å². The molecule has 5 nitrogen and oxygen atoms in total. The van der Waals surface area contributed by atoms with E-state index in [0.29, 0.717) is 23.3 Å². The fourth-order valence-corrected chi connectivity index (χ4v) is 3.28. The van der Waals surface area contributed by atoms with Crippen LogP contribution in [0, 0.1) is 5.82 Å². The van der Waals surface area contributed by atoms with Gasteiger partial charge >= 0.3 is 6.18 Å². The van der Waals surface area contributed by atoms with Crippen LogP contribution in [0.15, 0.2) is 42.7 Å². The van der Waals surface area contributed by atoms with Crippen molar-refractivity contribution in [1.29, 1.82) is 0 Å².